The zero-order chi connectivity index (χ0) is 11.5. The highest BCUT2D eigenvalue weighted by atomic mass is 16.4. The van der Waals surface area contributed by atoms with E-state index < -0.39 is 38.1 Å². The van der Waals surface area contributed by atoms with E-state index in [0.29, 0.717) is 0 Å². The lowest BCUT2D eigenvalue weighted by atomic mass is 10.0. The maximum absolute atomic E-state index is 10.5. The second kappa shape index (κ2) is 3.45. The molecule has 0 aliphatic carbocycles. The third kappa shape index (κ3) is 2.46. The summed E-state index contributed by atoms with van der Waals surface area (Å²) in [5, 5.41) is 8.53. The van der Waals surface area contributed by atoms with Crippen LogP contribution in [0.25, 0.3) is 0 Å². The molecule has 0 saturated carbocycles. The zero-order valence-electron chi connectivity index (χ0n) is 9.82. The first-order chi connectivity index (χ1) is 6.29. The van der Waals surface area contributed by atoms with E-state index in [4.69, 9.17) is 17.7 Å². The Morgan fingerprint density at radius 3 is 3.11 bits per heavy atom. The van der Waals surface area contributed by atoms with Crippen molar-refractivity contribution in [3.05, 3.63) is 0 Å². The second-order valence-corrected chi connectivity index (χ2v) is 1.63. The molecular formula is C6H13NO2. The van der Waals surface area contributed by atoms with E-state index >= 15 is 0 Å². The third-order valence-corrected chi connectivity index (χ3v) is 0.922. The predicted octanol–water partition coefficient (Wildman–Crippen LogP) is 0.444. The standard InChI is InChI=1S/C6H13NO2/c1-3-4(2)5(7)6(8)9/h4-5H,3,7H2,1-2H3,(H,8,9)/t4-,5-/m0/s1/i1D2,2D2,3D/t3-,4+,5+/m1. The fourth-order valence-corrected chi connectivity index (χ4v) is 0.284. The number of hydrogen-bond acceptors (Lipinski definition) is 2. The van der Waals surface area contributed by atoms with Gasteiger partial charge in [0.25, 0.3) is 0 Å². The van der Waals surface area contributed by atoms with Crippen molar-refractivity contribution >= 4 is 5.97 Å². The molecule has 0 aromatic carbocycles. The lowest BCUT2D eigenvalue weighted by Gasteiger charge is -2.11. The summed E-state index contributed by atoms with van der Waals surface area (Å²) < 4.78 is 35.1. The third-order valence-electron chi connectivity index (χ3n) is 0.922. The van der Waals surface area contributed by atoms with Crippen LogP contribution in [0.2, 0.25) is 0 Å². The van der Waals surface area contributed by atoms with Gasteiger partial charge in [-0.15, -0.1) is 0 Å². The maximum atomic E-state index is 10.5. The summed E-state index contributed by atoms with van der Waals surface area (Å²) in [5.41, 5.74) is 5.17. The van der Waals surface area contributed by atoms with Crippen LogP contribution in [0.4, 0.5) is 0 Å². The summed E-state index contributed by atoms with van der Waals surface area (Å²) in [6, 6.07) is -1.55. The summed E-state index contributed by atoms with van der Waals surface area (Å²) in [5.74, 6) is -2.75. The Labute approximate surface area is 61.9 Å². The van der Waals surface area contributed by atoms with Crippen LogP contribution < -0.4 is 5.73 Å². The molecule has 0 fully saturated rings. The van der Waals surface area contributed by atoms with E-state index in [0.717, 1.165) is 0 Å². The van der Waals surface area contributed by atoms with Crippen LogP contribution in [0.5, 0.6) is 0 Å². The largest absolute Gasteiger partial charge is 0.480 e. The molecule has 3 atom stereocenters. The lowest BCUT2D eigenvalue weighted by molar-refractivity contribution is -0.139. The van der Waals surface area contributed by atoms with E-state index in [1.54, 1.807) is 0 Å². The monoisotopic (exact) mass is 136 g/mol. The van der Waals surface area contributed by atoms with Gasteiger partial charge in [0, 0.05) is 6.85 Å². The summed E-state index contributed by atoms with van der Waals surface area (Å²) in [7, 11) is 0. The van der Waals surface area contributed by atoms with Crippen molar-refractivity contribution < 1.29 is 16.8 Å². The van der Waals surface area contributed by atoms with Crippen LogP contribution in [0.1, 0.15) is 27.0 Å². The minimum atomic E-state index is -1.62. The van der Waals surface area contributed by atoms with Gasteiger partial charge in [0.05, 0.1) is 0 Å². The Kier molecular flexibility index (Phi) is 1.16. The van der Waals surface area contributed by atoms with E-state index in [-0.39, 0.29) is 0 Å². The van der Waals surface area contributed by atoms with Gasteiger partial charge in [0.15, 0.2) is 0 Å². The van der Waals surface area contributed by atoms with Gasteiger partial charge in [0.1, 0.15) is 6.04 Å². The Morgan fingerprint density at radius 1 is 2.11 bits per heavy atom. The molecule has 0 saturated heterocycles. The molecule has 9 heavy (non-hydrogen) atoms. The van der Waals surface area contributed by atoms with Crippen molar-refractivity contribution in [2.75, 3.05) is 0 Å². The molecule has 0 bridgehead atoms. The van der Waals surface area contributed by atoms with Crippen molar-refractivity contribution in [1.82, 2.24) is 0 Å². The quantitative estimate of drug-likeness (QED) is 0.592. The Hall–Kier alpha value is -0.570. The van der Waals surface area contributed by atoms with Gasteiger partial charge >= 0.3 is 5.97 Å². The molecule has 0 spiro atoms. The molecule has 0 heterocycles. The highest BCUT2D eigenvalue weighted by Crippen LogP contribution is 2.04. The number of carboxylic acids is 1. The number of rotatable bonds is 3. The number of hydrogen-bond donors (Lipinski definition) is 2. The number of carboxylic acid groups (broad SMARTS) is 1. The SMILES string of the molecule is [2H]C([2H])[C@H]([C@H](N)C(=O)O)[C@H]([2H])C([2H])[2H]. The minimum absolute atomic E-state index is 1.33. The van der Waals surface area contributed by atoms with E-state index in [1.807, 2.05) is 0 Å². The molecule has 0 rings (SSSR count). The minimum Gasteiger partial charge on any atom is -0.480 e. The van der Waals surface area contributed by atoms with Gasteiger partial charge in [-0.2, -0.15) is 0 Å². The first-order valence-electron chi connectivity index (χ1n) is 5.27. The molecule has 0 radical (unpaired) electrons. The fourth-order valence-electron chi connectivity index (χ4n) is 0.284. The Balaban J connectivity index is 4.67. The van der Waals surface area contributed by atoms with Gasteiger partial charge in [-0.3, -0.25) is 4.79 Å². The molecule has 0 aromatic rings. The van der Waals surface area contributed by atoms with Crippen molar-refractivity contribution in [3.8, 4) is 0 Å². The summed E-state index contributed by atoms with van der Waals surface area (Å²) >= 11 is 0. The highest BCUT2D eigenvalue weighted by molar-refractivity contribution is 5.73. The predicted molar refractivity (Wildman–Crippen MR) is 35.1 cm³/mol. The molecule has 0 aromatic heterocycles. The topological polar surface area (TPSA) is 63.3 Å². The number of nitrogens with two attached hydrogens (primary N) is 1. The lowest BCUT2D eigenvalue weighted by Crippen LogP contribution is -2.36. The molecule has 3 N–H and O–H groups in total. The Morgan fingerprint density at radius 2 is 2.78 bits per heavy atom. The van der Waals surface area contributed by atoms with Crippen LogP contribution >= 0.6 is 0 Å². The van der Waals surface area contributed by atoms with Crippen LogP contribution in [0.15, 0.2) is 0 Å². The van der Waals surface area contributed by atoms with Crippen molar-refractivity contribution in [2.24, 2.45) is 11.7 Å². The Bertz CT molecular complexity index is 201. The molecular weight excluding hydrogens is 118 g/mol. The fraction of sp³-hybridized carbons (Fsp3) is 0.833. The van der Waals surface area contributed by atoms with Crippen LogP contribution in [-0.4, -0.2) is 17.1 Å². The van der Waals surface area contributed by atoms with Gasteiger partial charge in [-0.25, -0.2) is 0 Å². The molecule has 54 valence electrons. The second-order valence-electron chi connectivity index (χ2n) is 1.63. The molecule has 0 aliphatic rings. The zero-order valence-corrected chi connectivity index (χ0v) is 4.82. The normalized spacial score (nSPS) is 29.0. The maximum Gasteiger partial charge on any atom is 0.320 e. The first kappa shape index (κ1) is 3.01. The average molecular weight is 136 g/mol. The molecule has 0 amide bonds. The van der Waals surface area contributed by atoms with Crippen LogP contribution in [0.3, 0.4) is 0 Å². The average Bonchev–Trinajstić information content (AvgIpc) is 2.03. The van der Waals surface area contributed by atoms with E-state index in [1.165, 1.54) is 0 Å². The first-order valence-corrected chi connectivity index (χ1v) is 2.38. The summed E-state index contributed by atoms with van der Waals surface area (Å²) in [6.45, 7) is -3.23. The molecule has 3 nitrogen and oxygen atoms in total. The smallest absolute Gasteiger partial charge is 0.320 e. The number of aliphatic carboxylic acids is 1. The van der Waals surface area contributed by atoms with Gasteiger partial charge in [-0.1, -0.05) is 20.1 Å². The summed E-state index contributed by atoms with van der Waals surface area (Å²) in [6.07, 6.45) is -1.46. The van der Waals surface area contributed by atoms with Crippen LogP contribution in [0, 0.1) is 5.92 Å². The van der Waals surface area contributed by atoms with Crippen LogP contribution in [-0.2, 0) is 4.79 Å². The molecule has 0 aliphatic heterocycles. The highest BCUT2D eigenvalue weighted by Gasteiger charge is 2.17. The van der Waals surface area contributed by atoms with E-state index in [2.05, 4.69) is 0 Å². The van der Waals surface area contributed by atoms with Crippen molar-refractivity contribution in [2.45, 2.75) is 26.2 Å². The molecule has 0 unspecified atom stereocenters. The van der Waals surface area contributed by atoms with Crippen molar-refractivity contribution in [1.29, 1.82) is 0 Å². The number of carbonyl (C=O) groups is 1. The van der Waals surface area contributed by atoms with Crippen molar-refractivity contribution in [3.63, 3.8) is 0 Å². The van der Waals surface area contributed by atoms with E-state index in [9.17, 15) is 4.79 Å². The van der Waals surface area contributed by atoms with Gasteiger partial charge in [-0.05, 0) is 5.92 Å². The molecule has 3 heteroatoms. The summed E-state index contributed by atoms with van der Waals surface area (Å²) in [4.78, 5) is 10.5. The van der Waals surface area contributed by atoms with Gasteiger partial charge in [0.2, 0.25) is 0 Å². The van der Waals surface area contributed by atoms with Gasteiger partial charge < -0.3 is 10.8 Å².